The van der Waals surface area contributed by atoms with Crippen LogP contribution in [0.25, 0.3) is 0 Å². The first-order valence-electron chi connectivity index (χ1n) is 4.75. The maximum absolute atomic E-state index is 9.65. The van der Waals surface area contributed by atoms with Crippen LogP contribution in [0.15, 0.2) is 24.5 Å². The van der Waals surface area contributed by atoms with Crippen molar-refractivity contribution in [1.82, 2.24) is 4.98 Å². The Morgan fingerprint density at radius 2 is 1.92 bits per heavy atom. The van der Waals surface area contributed by atoms with Crippen molar-refractivity contribution in [3.8, 4) is 0 Å². The molecule has 2 nitrogen and oxygen atoms in total. The molecule has 1 rings (SSSR count). The van der Waals surface area contributed by atoms with Crippen molar-refractivity contribution in [2.24, 2.45) is 5.92 Å². The highest BCUT2D eigenvalue weighted by Gasteiger charge is 2.07. The van der Waals surface area contributed by atoms with E-state index >= 15 is 0 Å². The van der Waals surface area contributed by atoms with Crippen molar-refractivity contribution in [2.45, 2.75) is 32.8 Å². The standard InChI is InChI=1S/C11H17NO/c1-9(2)7-11(13)8-10-3-5-12-6-4-10/h3-6,9,11,13H,7-8H2,1-2H3. The number of rotatable bonds is 4. The van der Waals surface area contributed by atoms with Gasteiger partial charge in [-0.15, -0.1) is 0 Å². The molecule has 0 fully saturated rings. The highest BCUT2D eigenvalue weighted by molar-refractivity contribution is 5.10. The average molecular weight is 179 g/mol. The summed E-state index contributed by atoms with van der Waals surface area (Å²) < 4.78 is 0. The summed E-state index contributed by atoms with van der Waals surface area (Å²) in [5.41, 5.74) is 1.16. The Labute approximate surface area is 79.6 Å². The molecule has 1 N–H and O–H groups in total. The van der Waals surface area contributed by atoms with Gasteiger partial charge in [0.05, 0.1) is 6.10 Å². The van der Waals surface area contributed by atoms with Crippen LogP contribution < -0.4 is 0 Å². The van der Waals surface area contributed by atoms with Gasteiger partial charge in [-0.05, 0) is 36.5 Å². The SMILES string of the molecule is CC(C)CC(O)Cc1ccncc1. The Hall–Kier alpha value is -0.890. The fourth-order valence-corrected chi connectivity index (χ4v) is 1.42. The van der Waals surface area contributed by atoms with E-state index in [-0.39, 0.29) is 6.10 Å². The molecule has 0 aliphatic rings. The molecule has 1 atom stereocenters. The molecule has 1 aromatic rings. The van der Waals surface area contributed by atoms with Crippen molar-refractivity contribution in [3.05, 3.63) is 30.1 Å². The second kappa shape index (κ2) is 4.97. The van der Waals surface area contributed by atoms with Crippen LogP contribution in [0.2, 0.25) is 0 Å². The normalized spacial score (nSPS) is 13.2. The van der Waals surface area contributed by atoms with Crippen LogP contribution in [-0.4, -0.2) is 16.2 Å². The molecule has 1 aromatic heterocycles. The van der Waals surface area contributed by atoms with Gasteiger partial charge in [-0.1, -0.05) is 13.8 Å². The second-order valence-electron chi connectivity index (χ2n) is 3.84. The van der Waals surface area contributed by atoms with Gasteiger partial charge in [0.25, 0.3) is 0 Å². The van der Waals surface area contributed by atoms with E-state index < -0.39 is 0 Å². The van der Waals surface area contributed by atoms with Crippen molar-refractivity contribution in [3.63, 3.8) is 0 Å². The summed E-state index contributed by atoms with van der Waals surface area (Å²) in [6.07, 6.45) is 4.90. The van der Waals surface area contributed by atoms with Crippen LogP contribution in [0.4, 0.5) is 0 Å². The monoisotopic (exact) mass is 179 g/mol. The lowest BCUT2D eigenvalue weighted by molar-refractivity contribution is 0.149. The molecule has 1 heterocycles. The molecule has 0 saturated heterocycles. The van der Waals surface area contributed by atoms with E-state index in [4.69, 9.17) is 0 Å². The minimum Gasteiger partial charge on any atom is -0.393 e. The maximum Gasteiger partial charge on any atom is 0.0583 e. The molecule has 0 radical (unpaired) electrons. The lowest BCUT2D eigenvalue weighted by Gasteiger charge is -2.12. The summed E-state index contributed by atoms with van der Waals surface area (Å²) in [6.45, 7) is 4.24. The summed E-state index contributed by atoms with van der Waals surface area (Å²) in [6, 6.07) is 3.90. The van der Waals surface area contributed by atoms with E-state index in [9.17, 15) is 5.11 Å². The molecular formula is C11H17NO. The Morgan fingerprint density at radius 1 is 1.31 bits per heavy atom. The van der Waals surface area contributed by atoms with Crippen LogP contribution in [0.3, 0.4) is 0 Å². The second-order valence-corrected chi connectivity index (χ2v) is 3.84. The van der Waals surface area contributed by atoms with Gasteiger partial charge in [0.15, 0.2) is 0 Å². The van der Waals surface area contributed by atoms with E-state index in [0.29, 0.717) is 5.92 Å². The smallest absolute Gasteiger partial charge is 0.0583 e. The lowest BCUT2D eigenvalue weighted by Crippen LogP contribution is -2.13. The average Bonchev–Trinajstić information content (AvgIpc) is 2.04. The first-order valence-corrected chi connectivity index (χ1v) is 4.75. The highest BCUT2D eigenvalue weighted by Crippen LogP contribution is 2.09. The van der Waals surface area contributed by atoms with Crippen molar-refractivity contribution in [2.75, 3.05) is 0 Å². The zero-order valence-corrected chi connectivity index (χ0v) is 8.27. The number of aliphatic hydroxyl groups excluding tert-OH is 1. The highest BCUT2D eigenvalue weighted by atomic mass is 16.3. The molecule has 72 valence electrons. The number of aliphatic hydroxyl groups is 1. The number of pyridine rings is 1. The van der Waals surface area contributed by atoms with Crippen molar-refractivity contribution < 1.29 is 5.11 Å². The zero-order valence-electron chi connectivity index (χ0n) is 8.27. The number of nitrogens with zero attached hydrogens (tertiary/aromatic N) is 1. The minimum absolute atomic E-state index is 0.220. The number of hydrogen-bond donors (Lipinski definition) is 1. The molecular weight excluding hydrogens is 162 g/mol. The molecule has 0 amide bonds. The number of hydrogen-bond acceptors (Lipinski definition) is 2. The number of aromatic nitrogens is 1. The van der Waals surface area contributed by atoms with Crippen molar-refractivity contribution >= 4 is 0 Å². The predicted octanol–water partition coefficient (Wildman–Crippen LogP) is 2.03. The third-order valence-electron chi connectivity index (χ3n) is 1.96. The van der Waals surface area contributed by atoms with E-state index in [1.54, 1.807) is 12.4 Å². The van der Waals surface area contributed by atoms with Crippen LogP contribution in [-0.2, 0) is 6.42 Å². The summed E-state index contributed by atoms with van der Waals surface area (Å²) in [5, 5.41) is 9.65. The van der Waals surface area contributed by atoms with Crippen LogP contribution in [0.5, 0.6) is 0 Å². The Balaban J connectivity index is 2.41. The fourth-order valence-electron chi connectivity index (χ4n) is 1.42. The van der Waals surface area contributed by atoms with Crippen LogP contribution >= 0.6 is 0 Å². The summed E-state index contributed by atoms with van der Waals surface area (Å²) in [7, 11) is 0. The van der Waals surface area contributed by atoms with E-state index in [1.807, 2.05) is 12.1 Å². The molecule has 0 bridgehead atoms. The third-order valence-corrected chi connectivity index (χ3v) is 1.96. The topological polar surface area (TPSA) is 33.1 Å². The van der Waals surface area contributed by atoms with Gasteiger partial charge in [0.2, 0.25) is 0 Å². The first kappa shape index (κ1) is 10.2. The van der Waals surface area contributed by atoms with Crippen LogP contribution in [0, 0.1) is 5.92 Å². The van der Waals surface area contributed by atoms with Crippen molar-refractivity contribution in [1.29, 1.82) is 0 Å². The van der Waals surface area contributed by atoms with E-state index in [1.165, 1.54) is 0 Å². The summed E-state index contributed by atoms with van der Waals surface area (Å²) in [5.74, 6) is 0.553. The summed E-state index contributed by atoms with van der Waals surface area (Å²) >= 11 is 0. The Morgan fingerprint density at radius 3 is 2.46 bits per heavy atom. The van der Waals surface area contributed by atoms with Gasteiger partial charge in [-0.3, -0.25) is 4.98 Å². The molecule has 0 aliphatic heterocycles. The maximum atomic E-state index is 9.65. The quantitative estimate of drug-likeness (QED) is 0.767. The molecule has 0 saturated carbocycles. The zero-order chi connectivity index (χ0) is 9.68. The molecule has 0 aromatic carbocycles. The molecule has 1 unspecified atom stereocenters. The van der Waals surface area contributed by atoms with Gasteiger partial charge in [-0.2, -0.15) is 0 Å². The molecule has 13 heavy (non-hydrogen) atoms. The molecule has 2 heteroatoms. The van der Waals surface area contributed by atoms with Gasteiger partial charge in [0, 0.05) is 12.4 Å². The third kappa shape index (κ3) is 4.04. The molecule has 0 aliphatic carbocycles. The minimum atomic E-state index is -0.220. The van der Waals surface area contributed by atoms with Gasteiger partial charge < -0.3 is 5.11 Å². The fraction of sp³-hybridized carbons (Fsp3) is 0.545. The van der Waals surface area contributed by atoms with Gasteiger partial charge >= 0.3 is 0 Å². The van der Waals surface area contributed by atoms with Gasteiger partial charge in [0.1, 0.15) is 0 Å². The molecule has 0 spiro atoms. The Bertz CT molecular complexity index is 233. The predicted molar refractivity (Wildman–Crippen MR) is 53.4 cm³/mol. The van der Waals surface area contributed by atoms with E-state index in [2.05, 4.69) is 18.8 Å². The Kier molecular flexibility index (Phi) is 3.90. The largest absolute Gasteiger partial charge is 0.393 e. The van der Waals surface area contributed by atoms with E-state index in [0.717, 1.165) is 18.4 Å². The van der Waals surface area contributed by atoms with Crippen LogP contribution in [0.1, 0.15) is 25.8 Å². The first-order chi connectivity index (χ1) is 6.18. The van der Waals surface area contributed by atoms with Gasteiger partial charge in [-0.25, -0.2) is 0 Å². The lowest BCUT2D eigenvalue weighted by atomic mass is 10.0. The summed E-state index contributed by atoms with van der Waals surface area (Å²) in [4.78, 5) is 3.93.